The molecule has 1 aromatic carbocycles. The zero-order valence-electron chi connectivity index (χ0n) is 9.21. The van der Waals surface area contributed by atoms with Crippen LogP contribution in [0.2, 0.25) is 5.02 Å². The molecular formula is C12H12ClNO2. The molecule has 0 aromatic heterocycles. The van der Waals surface area contributed by atoms with Crippen LogP contribution in [0.1, 0.15) is 12.5 Å². The lowest BCUT2D eigenvalue weighted by molar-refractivity contribution is 0.320. The van der Waals surface area contributed by atoms with E-state index in [1.54, 1.807) is 6.07 Å². The molecule has 16 heavy (non-hydrogen) atoms. The van der Waals surface area contributed by atoms with Gasteiger partial charge in [-0.05, 0) is 18.6 Å². The van der Waals surface area contributed by atoms with Gasteiger partial charge in [-0.1, -0.05) is 18.2 Å². The predicted octanol–water partition coefficient (Wildman–Crippen LogP) is 3.18. The van der Waals surface area contributed by atoms with E-state index in [2.05, 4.69) is 6.58 Å². The number of halogens is 1. The van der Waals surface area contributed by atoms with Gasteiger partial charge in [-0.25, -0.2) is 0 Å². The zero-order chi connectivity index (χ0) is 12.1. The molecule has 0 unspecified atom stereocenters. The summed E-state index contributed by atoms with van der Waals surface area (Å²) in [6.07, 6.45) is 0. The predicted molar refractivity (Wildman–Crippen MR) is 63.0 cm³/mol. The van der Waals surface area contributed by atoms with Crippen LogP contribution in [0.5, 0.6) is 11.5 Å². The first-order valence-electron chi connectivity index (χ1n) is 4.63. The first kappa shape index (κ1) is 12.4. The van der Waals surface area contributed by atoms with Crippen molar-refractivity contribution in [3.63, 3.8) is 0 Å². The van der Waals surface area contributed by atoms with Gasteiger partial charge in [0.05, 0.1) is 23.8 Å². The summed E-state index contributed by atoms with van der Waals surface area (Å²) in [5, 5.41) is 9.13. The molecule has 0 heterocycles. The van der Waals surface area contributed by atoms with Crippen molar-refractivity contribution in [3.05, 3.63) is 34.9 Å². The van der Waals surface area contributed by atoms with E-state index < -0.39 is 0 Å². The van der Waals surface area contributed by atoms with Crippen molar-refractivity contribution < 1.29 is 9.47 Å². The first-order valence-corrected chi connectivity index (χ1v) is 5.01. The second-order valence-electron chi connectivity index (χ2n) is 3.35. The van der Waals surface area contributed by atoms with Crippen LogP contribution in [0, 0.1) is 11.3 Å². The lowest BCUT2D eigenvalue weighted by atomic mass is 10.2. The summed E-state index contributed by atoms with van der Waals surface area (Å²) in [4.78, 5) is 0. The molecule has 4 heteroatoms. The fourth-order valence-electron chi connectivity index (χ4n) is 1.12. The van der Waals surface area contributed by atoms with Crippen molar-refractivity contribution in [2.75, 3.05) is 13.7 Å². The van der Waals surface area contributed by atoms with E-state index in [-0.39, 0.29) is 0 Å². The number of methoxy groups -OCH3 is 1. The molecule has 0 atom stereocenters. The summed E-state index contributed by atoms with van der Waals surface area (Å²) in [7, 11) is 1.50. The van der Waals surface area contributed by atoms with Crippen LogP contribution >= 0.6 is 11.6 Å². The molecule has 0 N–H and O–H groups in total. The number of rotatable bonds is 4. The lowest BCUT2D eigenvalue weighted by Gasteiger charge is -2.12. The molecule has 0 spiro atoms. The monoisotopic (exact) mass is 237 g/mol. The number of nitrogens with zero attached hydrogens (tertiary/aromatic N) is 1. The van der Waals surface area contributed by atoms with E-state index >= 15 is 0 Å². The van der Waals surface area contributed by atoms with Gasteiger partial charge in [0.2, 0.25) is 0 Å². The first-order chi connectivity index (χ1) is 7.58. The Bertz CT molecular complexity index is 449. The van der Waals surface area contributed by atoms with Gasteiger partial charge in [-0.2, -0.15) is 5.26 Å². The summed E-state index contributed by atoms with van der Waals surface area (Å²) in [5.74, 6) is 0.886. The third-order valence-corrected chi connectivity index (χ3v) is 2.10. The van der Waals surface area contributed by atoms with Crippen molar-refractivity contribution in [1.82, 2.24) is 0 Å². The Balaban J connectivity index is 3.07. The van der Waals surface area contributed by atoms with Gasteiger partial charge in [-0.3, -0.25) is 0 Å². The molecule has 0 saturated heterocycles. The number of hydrogen-bond acceptors (Lipinski definition) is 3. The molecule has 0 aliphatic rings. The highest BCUT2D eigenvalue weighted by Gasteiger charge is 2.11. The van der Waals surface area contributed by atoms with Crippen LogP contribution in [0.4, 0.5) is 0 Å². The van der Waals surface area contributed by atoms with Crippen molar-refractivity contribution in [3.8, 4) is 17.6 Å². The fourth-order valence-corrected chi connectivity index (χ4v) is 1.39. The minimum atomic E-state index is 0.358. The van der Waals surface area contributed by atoms with E-state index in [0.717, 1.165) is 5.57 Å². The SMILES string of the molecule is C=C(C)COc1c(Cl)cc(C#N)cc1OC. The number of nitriles is 1. The molecule has 0 radical (unpaired) electrons. The maximum atomic E-state index is 8.77. The second kappa shape index (κ2) is 5.43. The normalized spacial score (nSPS) is 9.38. The van der Waals surface area contributed by atoms with Crippen LogP contribution in [0.25, 0.3) is 0 Å². The molecule has 0 saturated carbocycles. The Hall–Kier alpha value is -1.66. The Morgan fingerprint density at radius 2 is 2.25 bits per heavy atom. The minimum absolute atomic E-state index is 0.358. The number of ether oxygens (including phenoxy) is 2. The Kier molecular flexibility index (Phi) is 4.21. The van der Waals surface area contributed by atoms with E-state index in [4.69, 9.17) is 26.3 Å². The van der Waals surface area contributed by atoms with Crippen molar-refractivity contribution in [2.24, 2.45) is 0 Å². The molecule has 0 aliphatic carbocycles. The van der Waals surface area contributed by atoms with Crippen LogP contribution in [0.3, 0.4) is 0 Å². The van der Waals surface area contributed by atoms with Crippen LogP contribution in [-0.2, 0) is 0 Å². The van der Waals surface area contributed by atoms with E-state index in [1.807, 2.05) is 13.0 Å². The fraction of sp³-hybridized carbons (Fsp3) is 0.250. The number of benzene rings is 1. The smallest absolute Gasteiger partial charge is 0.180 e. The Morgan fingerprint density at radius 3 is 2.75 bits per heavy atom. The molecular weight excluding hydrogens is 226 g/mol. The molecule has 84 valence electrons. The largest absolute Gasteiger partial charge is 0.493 e. The summed E-state index contributed by atoms with van der Waals surface area (Å²) in [6, 6.07) is 5.12. The maximum Gasteiger partial charge on any atom is 0.180 e. The van der Waals surface area contributed by atoms with Crippen molar-refractivity contribution in [2.45, 2.75) is 6.92 Å². The topological polar surface area (TPSA) is 42.2 Å². The third-order valence-electron chi connectivity index (χ3n) is 1.82. The molecule has 0 amide bonds. The van der Waals surface area contributed by atoms with E-state index in [1.165, 1.54) is 13.2 Å². The van der Waals surface area contributed by atoms with E-state index in [9.17, 15) is 0 Å². The average molecular weight is 238 g/mol. The minimum Gasteiger partial charge on any atom is -0.493 e. The standard InChI is InChI=1S/C12H12ClNO2/c1-8(2)7-16-12-10(13)4-9(6-14)5-11(12)15-3/h4-5H,1,7H2,2-3H3. The second-order valence-corrected chi connectivity index (χ2v) is 3.75. The molecule has 0 fully saturated rings. The number of hydrogen-bond donors (Lipinski definition) is 0. The van der Waals surface area contributed by atoms with Gasteiger partial charge >= 0.3 is 0 Å². The van der Waals surface area contributed by atoms with Gasteiger partial charge < -0.3 is 9.47 Å². The van der Waals surface area contributed by atoms with Crippen molar-refractivity contribution >= 4 is 11.6 Å². The zero-order valence-corrected chi connectivity index (χ0v) is 9.97. The van der Waals surface area contributed by atoms with Gasteiger partial charge in [0, 0.05) is 6.07 Å². The summed E-state index contributed by atoms with van der Waals surface area (Å²) < 4.78 is 10.6. The van der Waals surface area contributed by atoms with Crippen molar-refractivity contribution in [1.29, 1.82) is 5.26 Å². The van der Waals surface area contributed by atoms with Crippen LogP contribution in [0.15, 0.2) is 24.3 Å². The summed E-state index contributed by atoms with van der Waals surface area (Å²) in [6.45, 7) is 5.94. The highest BCUT2D eigenvalue weighted by Crippen LogP contribution is 2.36. The van der Waals surface area contributed by atoms with Gasteiger partial charge in [0.1, 0.15) is 6.61 Å². The summed E-state index contributed by atoms with van der Waals surface area (Å²) >= 11 is 5.99. The molecule has 3 nitrogen and oxygen atoms in total. The Morgan fingerprint density at radius 1 is 1.56 bits per heavy atom. The van der Waals surface area contributed by atoms with Crippen LogP contribution in [-0.4, -0.2) is 13.7 Å². The maximum absolute atomic E-state index is 8.77. The van der Waals surface area contributed by atoms with E-state index in [0.29, 0.717) is 28.7 Å². The Labute approximate surface area is 99.9 Å². The molecule has 0 bridgehead atoms. The van der Waals surface area contributed by atoms with Crippen LogP contribution < -0.4 is 9.47 Å². The molecule has 1 rings (SSSR count). The summed E-state index contributed by atoms with van der Waals surface area (Å²) in [5.41, 5.74) is 1.31. The quantitative estimate of drug-likeness (QED) is 0.756. The third kappa shape index (κ3) is 2.91. The average Bonchev–Trinajstić information content (AvgIpc) is 2.26. The molecule has 0 aliphatic heterocycles. The molecule has 1 aromatic rings. The van der Waals surface area contributed by atoms with Gasteiger partial charge in [0.15, 0.2) is 11.5 Å². The van der Waals surface area contributed by atoms with Gasteiger partial charge in [-0.15, -0.1) is 0 Å². The highest BCUT2D eigenvalue weighted by atomic mass is 35.5. The van der Waals surface area contributed by atoms with Gasteiger partial charge in [0.25, 0.3) is 0 Å². The highest BCUT2D eigenvalue weighted by molar-refractivity contribution is 6.32. The lowest BCUT2D eigenvalue weighted by Crippen LogP contribution is -2.00.